The van der Waals surface area contributed by atoms with E-state index in [0.717, 1.165) is 35.6 Å². The molecule has 0 aromatic heterocycles. The summed E-state index contributed by atoms with van der Waals surface area (Å²) in [5, 5.41) is 3.98. The Morgan fingerprint density at radius 3 is 2.11 bits per heavy atom. The Kier molecular flexibility index (Phi) is 11.0. The second-order valence-corrected chi connectivity index (χ2v) is 14.2. The molecule has 1 saturated carbocycles. The van der Waals surface area contributed by atoms with Gasteiger partial charge in [0.1, 0.15) is 12.6 Å². The van der Waals surface area contributed by atoms with E-state index in [2.05, 4.69) is 5.32 Å². The third-order valence-corrected chi connectivity index (χ3v) is 10.9. The van der Waals surface area contributed by atoms with Gasteiger partial charge in [0.05, 0.1) is 10.6 Å². The molecule has 1 N–H and O–H groups in total. The summed E-state index contributed by atoms with van der Waals surface area (Å²) in [6, 6.07) is 28.6. The Hall–Kier alpha value is -3.85. The summed E-state index contributed by atoms with van der Waals surface area (Å²) in [7, 11) is -4.23. The zero-order chi connectivity index (χ0) is 32.7. The molecular formula is C36H37Cl2N3O4S. The number of sulfonamides is 1. The van der Waals surface area contributed by atoms with Gasteiger partial charge in [-0.2, -0.15) is 0 Å². The fraction of sp³-hybridized carbons (Fsp3) is 0.278. The summed E-state index contributed by atoms with van der Waals surface area (Å²) >= 11 is 13.0. The van der Waals surface area contributed by atoms with E-state index >= 15 is 0 Å². The zero-order valence-corrected chi connectivity index (χ0v) is 27.9. The largest absolute Gasteiger partial charge is 0.352 e. The first-order valence-electron chi connectivity index (χ1n) is 15.3. The standard InChI is InChI=1S/C36H37Cl2N3O4S/c1-26-31(37)21-12-22-33(26)41(46(44,45)30-18-6-3-7-19-30)25-35(42)40(24-28-15-8-11-20-32(28)38)34(23-27-13-4-2-5-14-27)36(43)39-29-16-9-10-17-29/h2-8,11-15,18-22,29,34H,9-10,16-17,23-25H2,1H3,(H,39,43)/t34-/m1/s1. The van der Waals surface area contributed by atoms with Crippen molar-refractivity contribution in [3.8, 4) is 0 Å². The highest BCUT2D eigenvalue weighted by Gasteiger charge is 2.36. The van der Waals surface area contributed by atoms with Crippen LogP contribution in [0.3, 0.4) is 0 Å². The molecule has 0 bridgehead atoms. The predicted octanol–water partition coefficient (Wildman–Crippen LogP) is 7.20. The van der Waals surface area contributed by atoms with E-state index in [1.54, 1.807) is 61.5 Å². The molecule has 1 aliphatic rings. The number of halogens is 2. The van der Waals surface area contributed by atoms with Gasteiger partial charge >= 0.3 is 0 Å². The second-order valence-electron chi connectivity index (χ2n) is 11.5. The number of carbonyl (C=O) groups is 2. The maximum atomic E-state index is 14.7. The summed E-state index contributed by atoms with van der Waals surface area (Å²) in [6.07, 6.45) is 4.04. The molecule has 1 atom stereocenters. The fourth-order valence-corrected chi connectivity index (χ4v) is 7.69. The molecule has 7 nitrogen and oxygen atoms in total. The SMILES string of the molecule is Cc1c(Cl)cccc1N(CC(=O)N(Cc1ccccc1Cl)[C@H](Cc1ccccc1)C(=O)NC1CCCC1)S(=O)(=O)c1ccccc1. The van der Waals surface area contributed by atoms with Crippen molar-refractivity contribution in [1.29, 1.82) is 0 Å². The number of carbonyl (C=O) groups excluding carboxylic acids is 2. The van der Waals surface area contributed by atoms with E-state index < -0.39 is 28.5 Å². The number of amides is 2. The molecule has 0 radical (unpaired) electrons. The van der Waals surface area contributed by atoms with Gasteiger partial charge in [-0.15, -0.1) is 0 Å². The molecule has 1 aliphatic carbocycles. The quantitative estimate of drug-likeness (QED) is 0.172. The Morgan fingerprint density at radius 2 is 1.43 bits per heavy atom. The van der Waals surface area contributed by atoms with Crippen molar-refractivity contribution in [2.45, 2.75) is 62.6 Å². The van der Waals surface area contributed by atoms with Crippen LogP contribution in [0.25, 0.3) is 0 Å². The summed E-state index contributed by atoms with van der Waals surface area (Å²) < 4.78 is 29.5. The molecule has 1 fully saturated rings. The third-order valence-electron chi connectivity index (χ3n) is 8.39. The van der Waals surface area contributed by atoms with E-state index in [4.69, 9.17) is 23.2 Å². The number of rotatable bonds is 12. The predicted molar refractivity (Wildman–Crippen MR) is 183 cm³/mol. The van der Waals surface area contributed by atoms with Crippen LogP contribution in [0.1, 0.15) is 42.4 Å². The van der Waals surface area contributed by atoms with E-state index in [9.17, 15) is 18.0 Å². The molecule has 0 spiro atoms. The van der Waals surface area contributed by atoms with E-state index in [0.29, 0.717) is 21.2 Å². The highest BCUT2D eigenvalue weighted by atomic mass is 35.5. The van der Waals surface area contributed by atoms with Crippen LogP contribution in [-0.2, 0) is 32.6 Å². The molecule has 5 rings (SSSR count). The minimum atomic E-state index is -4.23. The second kappa shape index (κ2) is 15.2. The smallest absolute Gasteiger partial charge is 0.264 e. The van der Waals surface area contributed by atoms with Crippen LogP contribution >= 0.6 is 23.2 Å². The summed E-state index contributed by atoms with van der Waals surface area (Å²) in [5.74, 6) is -0.839. The van der Waals surface area contributed by atoms with E-state index in [1.807, 2.05) is 36.4 Å². The van der Waals surface area contributed by atoms with Crippen molar-refractivity contribution in [2.24, 2.45) is 0 Å². The summed E-state index contributed by atoms with van der Waals surface area (Å²) in [5.41, 5.74) is 2.29. The van der Waals surface area contributed by atoms with Crippen molar-refractivity contribution in [1.82, 2.24) is 10.2 Å². The number of anilines is 1. The first-order chi connectivity index (χ1) is 22.1. The lowest BCUT2D eigenvalue weighted by atomic mass is 10.0. The maximum absolute atomic E-state index is 14.7. The van der Waals surface area contributed by atoms with Gasteiger partial charge in [0, 0.05) is 29.1 Å². The average molecular weight is 679 g/mol. The van der Waals surface area contributed by atoms with Gasteiger partial charge < -0.3 is 10.2 Å². The van der Waals surface area contributed by atoms with Crippen molar-refractivity contribution in [3.63, 3.8) is 0 Å². The highest BCUT2D eigenvalue weighted by molar-refractivity contribution is 7.92. The van der Waals surface area contributed by atoms with Gasteiger partial charge in [-0.3, -0.25) is 13.9 Å². The number of nitrogens with one attached hydrogen (secondary N) is 1. The molecule has 0 unspecified atom stereocenters. The molecule has 0 saturated heterocycles. The van der Waals surface area contributed by atoms with Crippen molar-refractivity contribution in [3.05, 3.63) is 130 Å². The topological polar surface area (TPSA) is 86.8 Å². The molecule has 240 valence electrons. The van der Waals surface area contributed by atoms with Gasteiger partial charge in [-0.1, -0.05) is 109 Å². The Balaban J connectivity index is 1.59. The molecule has 10 heteroatoms. The highest BCUT2D eigenvalue weighted by Crippen LogP contribution is 2.32. The normalized spacial score (nSPS) is 14.1. The molecule has 2 amide bonds. The van der Waals surface area contributed by atoms with Crippen LogP contribution in [0.4, 0.5) is 5.69 Å². The minimum Gasteiger partial charge on any atom is -0.352 e. The van der Waals surface area contributed by atoms with Crippen molar-refractivity contribution in [2.75, 3.05) is 10.8 Å². The number of hydrogen-bond acceptors (Lipinski definition) is 4. The van der Waals surface area contributed by atoms with Crippen molar-refractivity contribution >= 4 is 50.7 Å². The first kappa shape index (κ1) is 33.5. The van der Waals surface area contributed by atoms with Crippen LogP contribution in [0.5, 0.6) is 0 Å². The molecule has 4 aromatic rings. The third kappa shape index (κ3) is 7.92. The molecule has 46 heavy (non-hydrogen) atoms. The van der Waals surface area contributed by atoms with Gasteiger partial charge in [0.15, 0.2) is 0 Å². The van der Waals surface area contributed by atoms with Gasteiger partial charge in [0.2, 0.25) is 11.8 Å². The van der Waals surface area contributed by atoms with Crippen LogP contribution in [-0.4, -0.2) is 43.8 Å². The lowest BCUT2D eigenvalue weighted by molar-refractivity contribution is -0.140. The molecule has 0 aliphatic heterocycles. The average Bonchev–Trinajstić information content (AvgIpc) is 3.57. The Labute approximate surface area is 281 Å². The van der Waals surface area contributed by atoms with Gasteiger partial charge in [-0.05, 0) is 66.8 Å². The van der Waals surface area contributed by atoms with Crippen LogP contribution in [0.2, 0.25) is 10.0 Å². The maximum Gasteiger partial charge on any atom is 0.264 e. The van der Waals surface area contributed by atoms with Gasteiger partial charge in [0.25, 0.3) is 10.0 Å². The van der Waals surface area contributed by atoms with Crippen LogP contribution < -0.4 is 9.62 Å². The molecular weight excluding hydrogens is 641 g/mol. The fourth-order valence-electron chi connectivity index (χ4n) is 5.83. The number of hydrogen-bond donors (Lipinski definition) is 1. The van der Waals surface area contributed by atoms with Crippen molar-refractivity contribution < 1.29 is 18.0 Å². The van der Waals surface area contributed by atoms with E-state index in [-0.39, 0.29) is 35.5 Å². The minimum absolute atomic E-state index is 0.00183. The Bertz CT molecular complexity index is 1760. The summed E-state index contributed by atoms with van der Waals surface area (Å²) in [4.78, 5) is 30.3. The van der Waals surface area contributed by atoms with Gasteiger partial charge in [-0.25, -0.2) is 8.42 Å². The number of benzene rings is 4. The van der Waals surface area contributed by atoms with E-state index in [1.165, 1.54) is 17.0 Å². The first-order valence-corrected chi connectivity index (χ1v) is 17.5. The lowest BCUT2D eigenvalue weighted by Gasteiger charge is -2.35. The van der Waals surface area contributed by atoms with Crippen LogP contribution in [0, 0.1) is 6.92 Å². The monoisotopic (exact) mass is 677 g/mol. The number of nitrogens with zero attached hydrogens (tertiary/aromatic N) is 2. The van der Waals surface area contributed by atoms with Crippen LogP contribution in [0.15, 0.2) is 108 Å². The molecule has 0 heterocycles. The zero-order valence-electron chi connectivity index (χ0n) is 25.6. The Morgan fingerprint density at radius 1 is 0.826 bits per heavy atom. The summed E-state index contributed by atoms with van der Waals surface area (Å²) in [6.45, 7) is 1.15. The lowest BCUT2D eigenvalue weighted by Crippen LogP contribution is -2.54. The molecule has 4 aromatic carbocycles.